The first-order valence-corrected chi connectivity index (χ1v) is 16.7. The highest BCUT2D eigenvalue weighted by Gasteiger charge is 2.17. The first-order valence-electron chi connectivity index (χ1n) is 16.7. The van der Waals surface area contributed by atoms with E-state index in [1.165, 1.54) is 88.2 Å². The molecule has 0 fully saturated rings. The fourth-order valence-electron chi connectivity index (χ4n) is 5.40. The topological polar surface area (TPSA) is 35.5 Å². The summed E-state index contributed by atoms with van der Waals surface area (Å²) in [6, 6.07) is 19.0. The number of carbonyl (C=O) groups excluding carboxylic acids is 1. The molecular formula is C37H60NO3+. The van der Waals surface area contributed by atoms with Gasteiger partial charge < -0.3 is 14.0 Å². The molecular weight excluding hydrogens is 506 g/mol. The lowest BCUT2D eigenvalue weighted by Crippen LogP contribution is -2.39. The summed E-state index contributed by atoms with van der Waals surface area (Å²) < 4.78 is 12.6. The summed E-state index contributed by atoms with van der Waals surface area (Å²) in [5.74, 6) is 0.718. The highest BCUT2D eigenvalue weighted by molar-refractivity contribution is 5.69. The monoisotopic (exact) mass is 566 g/mol. The lowest BCUT2D eigenvalue weighted by atomic mass is 10.0. The number of hydrogen-bond acceptors (Lipinski definition) is 3. The summed E-state index contributed by atoms with van der Waals surface area (Å²) in [6.07, 6.45) is 19.7. The summed E-state index contributed by atoms with van der Waals surface area (Å²) in [5.41, 5.74) is 2.69. The van der Waals surface area contributed by atoms with Gasteiger partial charge in [0, 0.05) is 12.0 Å². The van der Waals surface area contributed by atoms with Crippen LogP contribution >= 0.6 is 0 Å². The Hall–Kier alpha value is -2.33. The smallest absolute Gasteiger partial charge is 0.306 e. The molecule has 0 saturated heterocycles. The quantitative estimate of drug-likeness (QED) is 0.0721. The number of benzene rings is 2. The maximum absolute atomic E-state index is 12.4. The molecule has 0 aliphatic carbocycles. The number of nitrogens with zero attached hydrogens (tertiary/aromatic N) is 1. The molecule has 0 saturated carbocycles. The molecule has 0 amide bonds. The number of rotatable bonds is 24. The van der Waals surface area contributed by atoms with Crippen molar-refractivity contribution in [2.75, 3.05) is 27.2 Å². The number of aryl methyl sites for hydroxylation is 1. The van der Waals surface area contributed by atoms with Crippen molar-refractivity contribution in [2.24, 2.45) is 0 Å². The van der Waals surface area contributed by atoms with Crippen LogP contribution in [0.5, 0.6) is 5.75 Å². The first-order chi connectivity index (χ1) is 19.9. The Morgan fingerprint density at radius 1 is 0.707 bits per heavy atom. The standard InChI is InChI=1S/C37H60NO3/c1-5-7-8-9-10-11-12-13-14-15-16-18-22-33-26-28-36(29-27-33)41-35(6-2)32-40-37(39)25-21-30-38(3,4)31-34-23-19-17-20-24-34/h17,19-20,23-24,26-29,35H,5-16,18,21-22,25,30-32H2,1-4H3/q+1. The zero-order valence-corrected chi connectivity index (χ0v) is 26.9. The van der Waals surface area contributed by atoms with Gasteiger partial charge in [0.1, 0.15) is 25.0 Å². The van der Waals surface area contributed by atoms with Gasteiger partial charge in [-0.05, 0) is 37.0 Å². The van der Waals surface area contributed by atoms with Crippen LogP contribution in [0.2, 0.25) is 0 Å². The van der Waals surface area contributed by atoms with E-state index < -0.39 is 0 Å². The number of carbonyl (C=O) groups is 1. The van der Waals surface area contributed by atoms with E-state index in [9.17, 15) is 4.79 Å². The van der Waals surface area contributed by atoms with Gasteiger partial charge in [-0.2, -0.15) is 0 Å². The van der Waals surface area contributed by atoms with Crippen LogP contribution in [0.4, 0.5) is 0 Å². The van der Waals surface area contributed by atoms with Crippen molar-refractivity contribution in [1.82, 2.24) is 0 Å². The minimum absolute atomic E-state index is 0.119. The highest BCUT2D eigenvalue weighted by atomic mass is 16.6. The Labute approximate surface area is 252 Å². The minimum Gasteiger partial charge on any atom is -0.487 e. The third kappa shape index (κ3) is 17.3. The fraction of sp³-hybridized carbons (Fsp3) is 0.649. The molecule has 0 aliphatic heterocycles. The number of ether oxygens (including phenoxy) is 2. The van der Waals surface area contributed by atoms with Gasteiger partial charge in [0.15, 0.2) is 0 Å². The van der Waals surface area contributed by atoms with E-state index in [2.05, 4.69) is 76.5 Å². The van der Waals surface area contributed by atoms with Crippen LogP contribution in [0.3, 0.4) is 0 Å². The van der Waals surface area contributed by atoms with Gasteiger partial charge >= 0.3 is 5.97 Å². The number of quaternary nitrogens is 1. The normalized spacial score (nSPS) is 12.3. The molecule has 41 heavy (non-hydrogen) atoms. The molecule has 2 aromatic rings. The summed E-state index contributed by atoms with van der Waals surface area (Å²) in [7, 11) is 4.42. The molecule has 0 aliphatic rings. The van der Waals surface area contributed by atoms with Crippen LogP contribution in [-0.4, -0.2) is 43.8 Å². The molecule has 0 spiro atoms. The molecule has 0 bridgehead atoms. The van der Waals surface area contributed by atoms with Crippen LogP contribution in [0.15, 0.2) is 54.6 Å². The van der Waals surface area contributed by atoms with Crippen molar-refractivity contribution < 1.29 is 18.8 Å². The van der Waals surface area contributed by atoms with Crippen molar-refractivity contribution >= 4 is 5.97 Å². The lowest BCUT2D eigenvalue weighted by Gasteiger charge is -2.29. The van der Waals surface area contributed by atoms with Crippen LogP contribution in [-0.2, 0) is 22.5 Å². The molecule has 230 valence electrons. The Balaban J connectivity index is 1.54. The van der Waals surface area contributed by atoms with Crippen LogP contribution < -0.4 is 4.74 Å². The molecule has 1 unspecified atom stereocenters. The number of unbranched alkanes of at least 4 members (excludes halogenated alkanes) is 11. The first kappa shape index (κ1) is 34.9. The second kappa shape index (κ2) is 21.4. The maximum Gasteiger partial charge on any atom is 0.306 e. The van der Waals surface area contributed by atoms with Gasteiger partial charge in [0.05, 0.1) is 27.1 Å². The van der Waals surface area contributed by atoms with Crippen molar-refractivity contribution in [1.29, 1.82) is 0 Å². The molecule has 2 aromatic carbocycles. The van der Waals surface area contributed by atoms with Gasteiger partial charge in [0.2, 0.25) is 0 Å². The largest absolute Gasteiger partial charge is 0.487 e. The van der Waals surface area contributed by atoms with Crippen LogP contribution in [0.1, 0.15) is 121 Å². The zero-order chi connectivity index (χ0) is 29.6. The summed E-state index contributed by atoms with van der Waals surface area (Å²) >= 11 is 0. The van der Waals surface area contributed by atoms with Gasteiger partial charge in [-0.15, -0.1) is 0 Å². The Kier molecular flexibility index (Phi) is 18.2. The van der Waals surface area contributed by atoms with E-state index in [-0.39, 0.29) is 12.1 Å². The van der Waals surface area contributed by atoms with E-state index in [1.807, 2.05) is 6.07 Å². The van der Waals surface area contributed by atoms with E-state index in [1.54, 1.807) is 0 Å². The molecule has 0 heterocycles. The van der Waals surface area contributed by atoms with E-state index in [0.717, 1.165) is 42.6 Å². The SMILES string of the molecule is CCCCCCCCCCCCCCc1ccc(OC(CC)COC(=O)CCC[N+](C)(C)Cc2ccccc2)cc1. The molecule has 0 aromatic heterocycles. The Morgan fingerprint density at radius 3 is 1.88 bits per heavy atom. The average Bonchev–Trinajstić information content (AvgIpc) is 2.96. The van der Waals surface area contributed by atoms with E-state index in [4.69, 9.17) is 9.47 Å². The minimum atomic E-state index is -0.135. The highest BCUT2D eigenvalue weighted by Crippen LogP contribution is 2.18. The van der Waals surface area contributed by atoms with Gasteiger partial charge in [-0.3, -0.25) is 4.79 Å². The fourth-order valence-corrected chi connectivity index (χ4v) is 5.40. The third-order valence-corrected chi connectivity index (χ3v) is 8.03. The Bertz CT molecular complexity index is 910. The molecule has 0 N–H and O–H groups in total. The molecule has 4 nitrogen and oxygen atoms in total. The Morgan fingerprint density at radius 2 is 1.29 bits per heavy atom. The predicted octanol–water partition coefficient (Wildman–Crippen LogP) is 9.69. The second-order valence-corrected chi connectivity index (χ2v) is 12.5. The van der Waals surface area contributed by atoms with Crippen molar-refractivity contribution in [3.63, 3.8) is 0 Å². The number of esters is 1. The van der Waals surface area contributed by atoms with Crippen molar-refractivity contribution in [3.05, 3.63) is 65.7 Å². The van der Waals surface area contributed by atoms with Crippen LogP contribution in [0.25, 0.3) is 0 Å². The number of hydrogen-bond donors (Lipinski definition) is 0. The lowest BCUT2D eigenvalue weighted by molar-refractivity contribution is -0.903. The molecule has 4 heteroatoms. The summed E-state index contributed by atoms with van der Waals surface area (Å²) in [4.78, 5) is 12.4. The van der Waals surface area contributed by atoms with Gasteiger partial charge in [-0.1, -0.05) is 127 Å². The maximum atomic E-state index is 12.4. The molecule has 2 rings (SSSR count). The second-order valence-electron chi connectivity index (χ2n) is 12.5. The van der Waals surface area contributed by atoms with Gasteiger partial charge in [0.25, 0.3) is 0 Å². The third-order valence-electron chi connectivity index (χ3n) is 8.03. The van der Waals surface area contributed by atoms with E-state index >= 15 is 0 Å². The van der Waals surface area contributed by atoms with Crippen molar-refractivity contribution in [3.8, 4) is 5.75 Å². The summed E-state index contributed by atoms with van der Waals surface area (Å²) in [5, 5.41) is 0. The summed E-state index contributed by atoms with van der Waals surface area (Å²) in [6.45, 7) is 6.55. The van der Waals surface area contributed by atoms with Gasteiger partial charge in [-0.25, -0.2) is 0 Å². The van der Waals surface area contributed by atoms with Crippen LogP contribution in [0, 0.1) is 0 Å². The van der Waals surface area contributed by atoms with E-state index in [0.29, 0.717) is 13.0 Å². The average molecular weight is 567 g/mol. The zero-order valence-electron chi connectivity index (χ0n) is 26.9. The molecule has 0 radical (unpaired) electrons. The van der Waals surface area contributed by atoms with Crippen molar-refractivity contribution in [2.45, 2.75) is 129 Å². The molecule has 1 atom stereocenters. The predicted molar refractivity (Wildman–Crippen MR) is 173 cm³/mol.